The molecule has 0 spiro atoms. The van der Waals surface area contributed by atoms with Gasteiger partial charge in [-0.15, -0.1) is 0 Å². The second kappa shape index (κ2) is 6.74. The molecule has 2 amide bonds. The number of ether oxygens (including phenoxy) is 1. The molecular formula is C17H25FN2O3. The lowest BCUT2D eigenvalue weighted by Gasteiger charge is -2.33. The van der Waals surface area contributed by atoms with Crippen molar-refractivity contribution in [3.63, 3.8) is 0 Å². The van der Waals surface area contributed by atoms with E-state index in [-0.39, 0.29) is 17.8 Å². The number of carbonyl (C=O) groups is 1. The van der Waals surface area contributed by atoms with Crippen LogP contribution >= 0.6 is 0 Å². The van der Waals surface area contributed by atoms with Crippen molar-refractivity contribution in [2.24, 2.45) is 0 Å². The van der Waals surface area contributed by atoms with Gasteiger partial charge in [0.25, 0.3) is 0 Å². The molecule has 6 heteroatoms. The highest BCUT2D eigenvalue weighted by atomic mass is 19.1. The highest BCUT2D eigenvalue weighted by molar-refractivity contribution is 5.90. The molecule has 0 aliphatic carbocycles. The van der Waals surface area contributed by atoms with Gasteiger partial charge in [-0.25, -0.2) is 9.18 Å². The fourth-order valence-electron chi connectivity index (χ4n) is 2.87. The average molecular weight is 324 g/mol. The Bertz CT molecular complexity index is 569. The number of benzene rings is 1. The Morgan fingerprint density at radius 2 is 2.17 bits per heavy atom. The van der Waals surface area contributed by atoms with Crippen LogP contribution in [0.5, 0.6) is 5.75 Å². The maximum Gasteiger partial charge on any atom is 0.322 e. The van der Waals surface area contributed by atoms with E-state index in [1.54, 1.807) is 24.8 Å². The van der Waals surface area contributed by atoms with Gasteiger partial charge < -0.3 is 20.1 Å². The number of carbonyl (C=O) groups excluding carboxylic acids is 1. The van der Waals surface area contributed by atoms with E-state index in [1.807, 2.05) is 13.8 Å². The highest BCUT2D eigenvalue weighted by Gasteiger charge is 2.38. The smallest absolute Gasteiger partial charge is 0.322 e. The molecule has 1 atom stereocenters. The van der Waals surface area contributed by atoms with Gasteiger partial charge in [-0.05, 0) is 52.7 Å². The summed E-state index contributed by atoms with van der Waals surface area (Å²) in [7, 11) is 0. The molecule has 0 radical (unpaired) electrons. The van der Waals surface area contributed by atoms with E-state index in [2.05, 4.69) is 5.32 Å². The summed E-state index contributed by atoms with van der Waals surface area (Å²) >= 11 is 0. The standard InChI is InChI=1S/C17H25FN2O3/c1-11(2)23-12-7-8-14(13(18)10-12)19-16(21)20-9-5-6-15(20)17(3,4)22/h7-8,10-11,15,22H,5-6,9H2,1-4H3,(H,19,21). The number of halogens is 1. The molecule has 2 N–H and O–H groups in total. The van der Waals surface area contributed by atoms with Crippen LogP contribution < -0.4 is 10.1 Å². The van der Waals surface area contributed by atoms with Crippen LogP contribution in [0.25, 0.3) is 0 Å². The molecule has 0 aromatic heterocycles. The van der Waals surface area contributed by atoms with Crippen molar-refractivity contribution in [3.8, 4) is 5.75 Å². The van der Waals surface area contributed by atoms with E-state index in [9.17, 15) is 14.3 Å². The molecule has 5 nitrogen and oxygen atoms in total. The SMILES string of the molecule is CC(C)Oc1ccc(NC(=O)N2CCCC2C(C)(C)O)c(F)c1. The first-order chi connectivity index (χ1) is 10.7. The summed E-state index contributed by atoms with van der Waals surface area (Å²) in [6.07, 6.45) is 1.51. The minimum Gasteiger partial charge on any atom is -0.491 e. The van der Waals surface area contributed by atoms with Crippen LogP contribution in [-0.2, 0) is 0 Å². The van der Waals surface area contributed by atoms with Gasteiger partial charge >= 0.3 is 6.03 Å². The van der Waals surface area contributed by atoms with Crippen LogP contribution in [0.15, 0.2) is 18.2 Å². The number of amides is 2. The lowest BCUT2D eigenvalue weighted by Crippen LogP contribution is -2.49. The van der Waals surface area contributed by atoms with Crippen molar-refractivity contribution in [3.05, 3.63) is 24.0 Å². The molecule has 2 rings (SSSR count). The number of urea groups is 1. The lowest BCUT2D eigenvalue weighted by molar-refractivity contribution is 0.0117. The molecule has 1 fully saturated rings. The molecule has 1 heterocycles. The summed E-state index contributed by atoms with van der Waals surface area (Å²) in [4.78, 5) is 14.0. The summed E-state index contributed by atoms with van der Waals surface area (Å²) in [6.45, 7) is 7.63. The molecule has 1 aliphatic rings. The Morgan fingerprint density at radius 3 is 2.74 bits per heavy atom. The highest BCUT2D eigenvalue weighted by Crippen LogP contribution is 2.28. The van der Waals surface area contributed by atoms with Gasteiger partial charge in [0.15, 0.2) is 0 Å². The summed E-state index contributed by atoms with van der Waals surface area (Å²) in [5.41, 5.74) is -0.881. The molecule has 1 unspecified atom stereocenters. The number of rotatable bonds is 4. The van der Waals surface area contributed by atoms with Gasteiger partial charge in [-0.3, -0.25) is 0 Å². The molecule has 1 saturated heterocycles. The van der Waals surface area contributed by atoms with Crippen molar-refractivity contribution < 1.29 is 19.0 Å². The molecule has 128 valence electrons. The predicted molar refractivity (Wildman–Crippen MR) is 87.2 cm³/mol. The Balaban J connectivity index is 2.08. The largest absolute Gasteiger partial charge is 0.491 e. The zero-order valence-electron chi connectivity index (χ0n) is 14.1. The Morgan fingerprint density at radius 1 is 1.48 bits per heavy atom. The number of nitrogens with zero attached hydrogens (tertiary/aromatic N) is 1. The van der Waals surface area contributed by atoms with Crippen LogP contribution in [0.1, 0.15) is 40.5 Å². The minimum absolute atomic E-state index is 0.0491. The third-order valence-corrected chi connectivity index (χ3v) is 3.88. The molecule has 0 saturated carbocycles. The van der Waals surface area contributed by atoms with E-state index in [0.717, 1.165) is 12.8 Å². The molecule has 23 heavy (non-hydrogen) atoms. The number of hydrogen-bond donors (Lipinski definition) is 2. The number of anilines is 1. The van der Waals surface area contributed by atoms with E-state index in [0.29, 0.717) is 12.3 Å². The van der Waals surface area contributed by atoms with E-state index in [1.165, 1.54) is 12.1 Å². The quantitative estimate of drug-likeness (QED) is 0.892. The monoisotopic (exact) mass is 324 g/mol. The summed E-state index contributed by atoms with van der Waals surface area (Å²) in [5, 5.41) is 12.7. The van der Waals surface area contributed by atoms with Crippen molar-refractivity contribution in [2.45, 2.75) is 58.3 Å². The Kier molecular flexibility index (Phi) is 5.14. The van der Waals surface area contributed by atoms with Crippen LogP contribution in [0.3, 0.4) is 0 Å². The lowest BCUT2D eigenvalue weighted by atomic mass is 9.97. The average Bonchev–Trinajstić information content (AvgIpc) is 2.90. The summed E-state index contributed by atoms with van der Waals surface area (Å²) in [5.74, 6) is -0.124. The topological polar surface area (TPSA) is 61.8 Å². The van der Waals surface area contributed by atoms with Gasteiger partial charge in [-0.1, -0.05) is 0 Å². The van der Waals surface area contributed by atoms with E-state index >= 15 is 0 Å². The number of aliphatic hydroxyl groups is 1. The van der Waals surface area contributed by atoms with Gasteiger partial charge in [-0.2, -0.15) is 0 Å². The first kappa shape index (κ1) is 17.5. The molecule has 1 aliphatic heterocycles. The van der Waals surface area contributed by atoms with Crippen molar-refractivity contribution >= 4 is 11.7 Å². The third-order valence-electron chi connectivity index (χ3n) is 3.88. The summed E-state index contributed by atoms with van der Waals surface area (Å²) < 4.78 is 19.5. The second-order valence-electron chi connectivity index (χ2n) is 6.74. The number of likely N-dealkylation sites (tertiary alicyclic amines) is 1. The van der Waals surface area contributed by atoms with Crippen molar-refractivity contribution in [1.82, 2.24) is 4.90 Å². The third kappa shape index (κ3) is 4.34. The van der Waals surface area contributed by atoms with Crippen LogP contribution in [0, 0.1) is 5.82 Å². The van der Waals surface area contributed by atoms with Crippen molar-refractivity contribution in [1.29, 1.82) is 0 Å². The normalized spacial score (nSPS) is 18.4. The second-order valence-corrected chi connectivity index (χ2v) is 6.74. The first-order valence-electron chi connectivity index (χ1n) is 7.94. The molecule has 1 aromatic carbocycles. The zero-order chi connectivity index (χ0) is 17.2. The Labute approximate surface area is 136 Å². The van der Waals surface area contributed by atoms with Gasteiger partial charge in [0.2, 0.25) is 0 Å². The first-order valence-corrected chi connectivity index (χ1v) is 7.94. The maximum absolute atomic E-state index is 14.1. The van der Waals surface area contributed by atoms with Gasteiger partial charge in [0.1, 0.15) is 11.6 Å². The maximum atomic E-state index is 14.1. The minimum atomic E-state index is -0.985. The number of hydrogen-bond acceptors (Lipinski definition) is 3. The van der Waals surface area contributed by atoms with Crippen molar-refractivity contribution in [2.75, 3.05) is 11.9 Å². The Hall–Kier alpha value is -1.82. The zero-order valence-corrected chi connectivity index (χ0v) is 14.1. The van der Waals surface area contributed by atoms with Crippen LogP contribution in [0.2, 0.25) is 0 Å². The van der Waals surface area contributed by atoms with E-state index in [4.69, 9.17) is 4.74 Å². The molecule has 1 aromatic rings. The van der Waals surface area contributed by atoms with E-state index < -0.39 is 17.4 Å². The van der Waals surface area contributed by atoms with Gasteiger partial charge in [0, 0.05) is 12.6 Å². The fraction of sp³-hybridized carbons (Fsp3) is 0.588. The molecule has 0 bridgehead atoms. The molecular weight excluding hydrogens is 299 g/mol. The predicted octanol–water partition coefficient (Wildman–Crippen LogP) is 3.38. The van der Waals surface area contributed by atoms with Crippen LogP contribution in [0.4, 0.5) is 14.9 Å². The van der Waals surface area contributed by atoms with Gasteiger partial charge in [0.05, 0.1) is 23.4 Å². The number of nitrogens with one attached hydrogen (secondary N) is 1. The summed E-state index contributed by atoms with van der Waals surface area (Å²) in [6, 6.07) is 3.70. The van der Waals surface area contributed by atoms with Crippen LogP contribution in [-0.4, -0.2) is 40.3 Å². The fourth-order valence-corrected chi connectivity index (χ4v) is 2.87.